The minimum Gasteiger partial charge on any atom is -0.398 e. The van der Waals surface area contributed by atoms with Crippen LogP contribution in [0.2, 0.25) is 0 Å². The summed E-state index contributed by atoms with van der Waals surface area (Å²) in [6.45, 7) is 5.25. The molecule has 0 unspecified atom stereocenters. The van der Waals surface area contributed by atoms with E-state index in [9.17, 15) is 5.11 Å². The molecular weight excluding hydrogens is 176 g/mol. The predicted octanol–water partition coefficient (Wildman–Crippen LogP) is 1.15. The summed E-state index contributed by atoms with van der Waals surface area (Å²) in [5.74, 6) is 0. The van der Waals surface area contributed by atoms with Crippen molar-refractivity contribution in [3.63, 3.8) is 0 Å². The van der Waals surface area contributed by atoms with Gasteiger partial charge in [0.1, 0.15) is 0 Å². The highest BCUT2D eigenvalue weighted by Crippen LogP contribution is 2.31. The molecule has 3 N–H and O–H groups in total. The minimum absolute atomic E-state index is 0.531. The average molecular weight is 192 g/mol. The quantitative estimate of drug-likeness (QED) is 0.656. The summed E-state index contributed by atoms with van der Waals surface area (Å²) >= 11 is 0. The van der Waals surface area contributed by atoms with Gasteiger partial charge in [-0.05, 0) is 31.5 Å². The number of anilines is 2. The summed E-state index contributed by atoms with van der Waals surface area (Å²) in [7, 11) is 0. The first kappa shape index (κ1) is 9.34. The highest BCUT2D eigenvalue weighted by atomic mass is 16.3. The Labute approximate surface area is 84.1 Å². The first-order chi connectivity index (χ1) is 6.49. The van der Waals surface area contributed by atoms with Crippen molar-refractivity contribution < 1.29 is 5.11 Å². The van der Waals surface area contributed by atoms with E-state index in [2.05, 4.69) is 4.90 Å². The lowest BCUT2D eigenvalue weighted by Gasteiger charge is -2.46. The molecule has 0 aromatic heterocycles. The molecule has 0 amide bonds. The molecular formula is C11H16N2O. The highest BCUT2D eigenvalue weighted by Gasteiger charge is 2.37. The molecule has 1 aliphatic heterocycles. The number of benzene rings is 1. The molecule has 1 aromatic rings. The lowest BCUT2D eigenvalue weighted by Crippen LogP contribution is -2.60. The average Bonchev–Trinajstić information content (AvgIpc) is 2.06. The fourth-order valence-electron chi connectivity index (χ4n) is 1.93. The number of rotatable bonds is 1. The normalized spacial score (nSPS) is 19.2. The lowest BCUT2D eigenvalue weighted by atomic mass is 9.95. The monoisotopic (exact) mass is 192 g/mol. The molecule has 14 heavy (non-hydrogen) atoms. The fraction of sp³-hybridized carbons (Fsp3) is 0.455. The van der Waals surface area contributed by atoms with Gasteiger partial charge in [0, 0.05) is 24.5 Å². The summed E-state index contributed by atoms with van der Waals surface area (Å²) in [4.78, 5) is 2.14. The Morgan fingerprint density at radius 3 is 2.64 bits per heavy atom. The number of hydrogen-bond donors (Lipinski definition) is 2. The second-order valence-corrected chi connectivity index (χ2v) is 4.34. The molecule has 1 aromatic carbocycles. The Balaban J connectivity index is 2.23. The van der Waals surface area contributed by atoms with Crippen molar-refractivity contribution >= 4 is 11.4 Å². The fourth-order valence-corrected chi connectivity index (χ4v) is 1.93. The van der Waals surface area contributed by atoms with Gasteiger partial charge in [0.15, 0.2) is 0 Å². The zero-order valence-electron chi connectivity index (χ0n) is 8.62. The number of β-amino-alcohol motifs (C(OH)–C–C–N with tert-alkyl or cyclic N) is 1. The molecule has 76 valence electrons. The Bertz CT molecular complexity index is 352. The van der Waals surface area contributed by atoms with Gasteiger partial charge in [-0.1, -0.05) is 6.07 Å². The van der Waals surface area contributed by atoms with Gasteiger partial charge in [-0.3, -0.25) is 0 Å². The maximum absolute atomic E-state index is 9.63. The van der Waals surface area contributed by atoms with Crippen LogP contribution in [0, 0.1) is 6.92 Å². The highest BCUT2D eigenvalue weighted by molar-refractivity contribution is 5.65. The summed E-state index contributed by atoms with van der Waals surface area (Å²) in [5, 5.41) is 9.63. The summed E-state index contributed by atoms with van der Waals surface area (Å²) in [5.41, 5.74) is 8.33. The first-order valence-corrected chi connectivity index (χ1v) is 4.82. The molecule has 0 radical (unpaired) electrons. The Morgan fingerprint density at radius 1 is 1.43 bits per heavy atom. The molecule has 2 rings (SSSR count). The number of nitrogen functional groups attached to an aromatic ring is 1. The van der Waals surface area contributed by atoms with Crippen LogP contribution in [0.5, 0.6) is 0 Å². The molecule has 1 aliphatic rings. The van der Waals surface area contributed by atoms with Gasteiger partial charge in [0.05, 0.1) is 5.60 Å². The Morgan fingerprint density at radius 2 is 2.07 bits per heavy atom. The molecule has 3 heteroatoms. The SMILES string of the molecule is Cc1c(N)cccc1N1CC(C)(O)C1. The summed E-state index contributed by atoms with van der Waals surface area (Å²) in [6, 6.07) is 5.89. The molecule has 3 nitrogen and oxygen atoms in total. The van der Waals surface area contributed by atoms with Crippen LogP contribution < -0.4 is 10.6 Å². The van der Waals surface area contributed by atoms with Crippen LogP contribution in [-0.4, -0.2) is 23.8 Å². The third-order valence-electron chi connectivity index (χ3n) is 2.75. The van der Waals surface area contributed by atoms with E-state index in [1.807, 2.05) is 32.0 Å². The number of hydrogen-bond acceptors (Lipinski definition) is 3. The first-order valence-electron chi connectivity index (χ1n) is 4.82. The Hall–Kier alpha value is -1.22. The van der Waals surface area contributed by atoms with Crippen molar-refractivity contribution in [2.24, 2.45) is 0 Å². The van der Waals surface area contributed by atoms with Crippen LogP contribution in [-0.2, 0) is 0 Å². The smallest absolute Gasteiger partial charge is 0.0967 e. The van der Waals surface area contributed by atoms with Crippen LogP contribution in [0.25, 0.3) is 0 Å². The van der Waals surface area contributed by atoms with Crippen molar-refractivity contribution in [3.8, 4) is 0 Å². The molecule has 1 saturated heterocycles. The van der Waals surface area contributed by atoms with Gasteiger partial charge in [0.25, 0.3) is 0 Å². The Kier molecular flexibility index (Phi) is 1.93. The maximum Gasteiger partial charge on any atom is 0.0967 e. The molecule has 1 fully saturated rings. The van der Waals surface area contributed by atoms with E-state index in [1.165, 1.54) is 0 Å². The van der Waals surface area contributed by atoms with E-state index in [0.717, 1.165) is 16.9 Å². The molecule has 0 atom stereocenters. The molecule has 0 aliphatic carbocycles. The molecule has 1 heterocycles. The third kappa shape index (κ3) is 1.44. The zero-order chi connectivity index (χ0) is 10.3. The van der Waals surface area contributed by atoms with Crippen molar-refractivity contribution in [2.75, 3.05) is 23.7 Å². The van der Waals surface area contributed by atoms with Crippen LogP contribution in [0.15, 0.2) is 18.2 Å². The van der Waals surface area contributed by atoms with Crippen LogP contribution in [0.3, 0.4) is 0 Å². The standard InChI is InChI=1S/C11H16N2O/c1-8-9(12)4-3-5-10(8)13-6-11(2,14)7-13/h3-5,14H,6-7,12H2,1-2H3. The van der Waals surface area contributed by atoms with Gasteiger partial charge in [-0.25, -0.2) is 0 Å². The second-order valence-electron chi connectivity index (χ2n) is 4.34. The van der Waals surface area contributed by atoms with E-state index >= 15 is 0 Å². The van der Waals surface area contributed by atoms with Gasteiger partial charge in [-0.2, -0.15) is 0 Å². The minimum atomic E-state index is -0.531. The molecule has 0 bridgehead atoms. The van der Waals surface area contributed by atoms with Crippen LogP contribution in [0.4, 0.5) is 11.4 Å². The van der Waals surface area contributed by atoms with E-state index in [-0.39, 0.29) is 0 Å². The maximum atomic E-state index is 9.63. The van der Waals surface area contributed by atoms with E-state index in [4.69, 9.17) is 5.73 Å². The third-order valence-corrected chi connectivity index (χ3v) is 2.75. The van der Waals surface area contributed by atoms with E-state index < -0.39 is 5.60 Å². The molecule has 0 saturated carbocycles. The second kappa shape index (κ2) is 2.89. The topological polar surface area (TPSA) is 49.5 Å². The van der Waals surface area contributed by atoms with E-state index in [1.54, 1.807) is 0 Å². The van der Waals surface area contributed by atoms with E-state index in [0.29, 0.717) is 13.1 Å². The van der Waals surface area contributed by atoms with Gasteiger partial charge < -0.3 is 15.7 Å². The molecule has 0 spiro atoms. The zero-order valence-corrected chi connectivity index (χ0v) is 8.62. The predicted molar refractivity (Wildman–Crippen MR) is 58.4 cm³/mol. The van der Waals surface area contributed by atoms with Crippen molar-refractivity contribution in [3.05, 3.63) is 23.8 Å². The van der Waals surface area contributed by atoms with Crippen molar-refractivity contribution in [1.82, 2.24) is 0 Å². The van der Waals surface area contributed by atoms with Gasteiger partial charge in [-0.15, -0.1) is 0 Å². The number of nitrogens with zero attached hydrogens (tertiary/aromatic N) is 1. The number of nitrogens with two attached hydrogens (primary N) is 1. The summed E-state index contributed by atoms with van der Waals surface area (Å²) in [6.07, 6.45) is 0. The van der Waals surface area contributed by atoms with Crippen molar-refractivity contribution in [2.45, 2.75) is 19.4 Å². The van der Waals surface area contributed by atoms with Crippen LogP contribution >= 0.6 is 0 Å². The summed E-state index contributed by atoms with van der Waals surface area (Å²) < 4.78 is 0. The van der Waals surface area contributed by atoms with Gasteiger partial charge >= 0.3 is 0 Å². The number of aliphatic hydroxyl groups is 1. The lowest BCUT2D eigenvalue weighted by molar-refractivity contribution is 0.0310. The van der Waals surface area contributed by atoms with Crippen LogP contribution in [0.1, 0.15) is 12.5 Å². The van der Waals surface area contributed by atoms with Crippen molar-refractivity contribution in [1.29, 1.82) is 0 Å². The van der Waals surface area contributed by atoms with Gasteiger partial charge in [0.2, 0.25) is 0 Å². The largest absolute Gasteiger partial charge is 0.398 e.